The van der Waals surface area contributed by atoms with Crippen molar-refractivity contribution < 1.29 is 19.1 Å². The fourth-order valence-electron chi connectivity index (χ4n) is 2.76. The van der Waals surface area contributed by atoms with Gasteiger partial charge < -0.3 is 14.8 Å². The average molecular weight is 491 g/mol. The van der Waals surface area contributed by atoms with Crippen molar-refractivity contribution in [3.05, 3.63) is 93.5 Å². The zero-order chi connectivity index (χ0) is 23.1. The third-order valence-electron chi connectivity index (χ3n) is 4.46. The van der Waals surface area contributed by atoms with E-state index >= 15 is 0 Å². The van der Waals surface area contributed by atoms with E-state index in [1.54, 1.807) is 48.5 Å². The van der Waals surface area contributed by atoms with Gasteiger partial charge in [-0.05, 0) is 67.1 Å². The van der Waals surface area contributed by atoms with E-state index in [-0.39, 0.29) is 11.3 Å². The molecule has 0 atom stereocenters. The minimum Gasteiger partial charge on any atom is -0.493 e. The third-order valence-corrected chi connectivity index (χ3v) is 4.98. The predicted molar refractivity (Wildman–Crippen MR) is 125 cm³/mol. The zero-order valence-electron chi connectivity index (χ0n) is 17.4. The van der Waals surface area contributed by atoms with Gasteiger partial charge in [0.2, 0.25) is 0 Å². The van der Waals surface area contributed by atoms with Gasteiger partial charge in [0.25, 0.3) is 5.91 Å². The van der Waals surface area contributed by atoms with Crippen LogP contribution in [0.1, 0.15) is 21.5 Å². The van der Waals surface area contributed by atoms with Crippen LogP contribution in [0.2, 0.25) is 0 Å². The molecule has 0 aliphatic heterocycles. The van der Waals surface area contributed by atoms with Gasteiger partial charge in [-0.1, -0.05) is 39.7 Å². The normalized spacial score (nSPS) is 10.8. The number of methoxy groups -OCH3 is 1. The molecule has 7 heteroatoms. The minimum absolute atomic E-state index is 0.103. The van der Waals surface area contributed by atoms with E-state index in [0.29, 0.717) is 22.6 Å². The Morgan fingerprint density at radius 2 is 1.69 bits per heavy atom. The minimum atomic E-state index is -0.552. The predicted octanol–water partition coefficient (Wildman–Crippen LogP) is 5.53. The molecular formula is C25H19BrN2O4. The molecule has 3 aromatic carbocycles. The van der Waals surface area contributed by atoms with Crippen molar-refractivity contribution in [1.82, 2.24) is 0 Å². The summed E-state index contributed by atoms with van der Waals surface area (Å²) in [6.45, 7) is 1.92. The third kappa shape index (κ3) is 5.84. The van der Waals surface area contributed by atoms with Crippen LogP contribution in [0.4, 0.5) is 5.69 Å². The first-order valence-corrected chi connectivity index (χ1v) is 10.3. The van der Waals surface area contributed by atoms with Gasteiger partial charge in [0.1, 0.15) is 11.6 Å². The number of amides is 1. The maximum Gasteiger partial charge on any atom is 0.343 e. The van der Waals surface area contributed by atoms with Crippen molar-refractivity contribution in [2.45, 2.75) is 6.92 Å². The van der Waals surface area contributed by atoms with E-state index in [4.69, 9.17) is 9.47 Å². The van der Waals surface area contributed by atoms with E-state index in [9.17, 15) is 14.9 Å². The second-order valence-corrected chi connectivity index (χ2v) is 7.71. The van der Waals surface area contributed by atoms with Crippen LogP contribution in [-0.4, -0.2) is 19.0 Å². The fraction of sp³-hybridized carbons (Fsp3) is 0.0800. The lowest BCUT2D eigenvalue weighted by Gasteiger charge is -2.10. The van der Waals surface area contributed by atoms with Crippen molar-refractivity contribution in [2.75, 3.05) is 12.4 Å². The Kier molecular flexibility index (Phi) is 7.42. The summed E-state index contributed by atoms with van der Waals surface area (Å²) in [5, 5.41) is 12.1. The highest BCUT2D eigenvalue weighted by Crippen LogP contribution is 2.30. The highest BCUT2D eigenvalue weighted by molar-refractivity contribution is 9.10. The summed E-state index contributed by atoms with van der Waals surface area (Å²) in [7, 11) is 1.46. The molecule has 32 heavy (non-hydrogen) atoms. The SMILES string of the molecule is COc1ccc(/C=C(\C#N)C(=O)Nc2ccc(Br)cc2)cc1OC(=O)c1ccc(C)cc1. The number of hydrogen-bond acceptors (Lipinski definition) is 5. The van der Waals surface area contributed by atoms with Crippen LogP contribution < -0.4 is 14.8 Å². The molecule has 0 heterocycles. The van der Waals surface area contributed by atoms with Crippen molar-refractivity contribution >= 4 is 39.6 Å². The van der Waals surface area contributed by atoms with E-state index in [1.165, 1.54) is 19.3 Å². The maximum absolute atomic E-state index is 12.5. The fourth-order valence-corrected chi connectivity index (χ4v) is 3.02. The second-order valence-electron chi connectivity index (χ2n) is 6.80. The number of ether oxygens (including phenoxy) is 2. The Bertz CT molecular complexity index is 1210. The topological polar surface area (TPSA) is 88.4 Å². The molecule has 0 saturated heterocycles. The molecule has 6 nitrogen and oxygen atoms in total. The van der Waals surface area contributed by atoms with Gasteiger partial charge in [0, 0.05) is 10.2 Å². The lowest BCUT2D eigenvalue weighted by atomic mass is 10.1. The Labute approximate surface area is 194 Å². The molecule has 0 spiro atoms. The monoisotopic (exact) mass is 490 g/mol. The number of nitriles is 1. The van der Waals surface area contributed by atoms with E-state index < -0.39 is 11.9 Å². The highest BCUT2D eigenvalue weighted by atomic mass is 79.9. The van der Waals surface area contributed by atoms with Gasteiger partial charge in [0.05, 0.1) is 12.7 Å². The Morgan fingerprint density at radius 3 is 2.31 bits per heavy atom. The number of hydrogen-bond donors (Lipinski definition) is 1. The van der Waals surface area contributed by atoms with Gasteiger partial charge in [0.15, 0.2) is 11.5 Å². The Morgan fingerprint density at radius 1 is 1.00 bits per heavy atom. The summed E-state index contributed by atoms with van der Waals surface area (Å²) >= 11 is 3.33. The summed E-state index contributed by atoms with van der Waals surface area (Å²) in [5.74, 6) is -0.570. The number of nitrogens with one attached hydrogen (secondary N) is 1. The van der Waals surface area contributed by atoms with Crippen LogP contribution in [0, 0.1) is 18.3 Å². The lowest BCUT2D eigenvalue weighted by Crippen LogP contribution is -2.13. The molecular weight excluding hydrogens is 472 g/mol. The number of rotatable bonds is 6. The van der Waals surface area contributed by atoms with Gasteiger partial charge >= 0.3 is 5.97 Å². The molecule has 0 fully saturated rings. The molecule has 0 unspecified atom stereocenters. The van der Waals surface area contributed by atoms with Gasteiger partial charge in [-0.2, -0.15) is 5.26 Å². The van der Waals surface area contributed by atoms with Crippen molar-refractivity contribution in [3.63, 3.8) is 0 Å². The number of benzene rings is 3. The standard InChI is InChI=1S/C25H19BrN2O4/c1-16-3-6-18(7-4-16)25(30)32-23-14-17(5-12-22(23)31-2)13-19(15-27)24(29)28-21-10-8-20(26)9-11-21/h3-14H,1-2H3,(H,28,29)/b19-13+. The van der Waals surface area contributed by atoms with Crippen LogP contribution >= 0.6 is 15.9 Å². The van der Waals surface area contributed by atoms with Gasteiger partial charge in [-0.3, -0.25) is 4.79 Å². The lowest BCUT2D eigenvalue weighted by molar-refractivity contribution is -0.112. The number of carbonyl (C=O) groups excluding carboxylic acids is 2. The molecule has 1 N–H and O–H groups in total. The van der Waals surface area contributed by atoms with Crippen LogP contribution in [0.15, 0.2) is 76.8 Å². The Hall–Kier alpha value is -3.89. The van der Waals surface area contributed by atoms with Crippen molar-refractivity contribution in [1.29, 1.82) is 5.26 Å². The molecule has 160 valence electrons. The molecule has 0 aliphatic carbocycles. The van der Waals surface area contributed by atoms with Crippen molar-refractivity contribution in [2.24, 2.45) is 0 Å². The van der Waals surface area contributed by atoms with E-state index in [2.05, 4.69) is 21.2 Å². The van der Waals surface area contributed by atoms with Crippen LogP contribution in [0.5, 0.6) is 11.5 Å². The summed E-state index contributed by atoms with van der Waals surface area (Å²) in [6, 6.07) is 20.7. The first-order chi connectivity index (χ1) is 15.4. The highest BCUT2D eigenvalue weighted by Gasteiger charge is 2.14. The number of aryl methyl sites for hydroxylation is 1. The summed E-state index contributed by atoms with van der Waals surface area (Å²) in [6.07, 6.45) is 1.41. The van der Waals surface area contributed by atoms with Gasteiger partial charge in [-0.25, -0.2) is 4.79 Å². The van der Waals surface area contributed by atoms with Crippen LogP contribution in [-0.2, 0) is 4.79 Å². The van der Waals surface area contributed by atoms with E-state index in [0.717, 1.165) is 10.0 Å². The average Bonchev–Trinajstić information content (AvgIpc) is 2.79. The smallest absolute Gasteiger partial charge is 0.343 e. The number of nitrogens with zero attached hydrogens (tertiary/aromatic N) is 1. The number of carbonyl (C=O) groups is 2. The van der Waals surface area contributed by atoms with Gasteiger partial charge in [-0.15, -0.1) is 0 Å². The molecule has 0 saturated carbocycles. The van der Waals surface area contributed by atoms with Crippen LogP contribution in [0.3, 0.4) is 0 Å². The first-order valence-electron chi connectivity index (χ1n) is 9.55. The number of anilines is 1. The largest absolute Gasteiger partial charge is 0.493 e. The molecule has 0 aromatic heterocycles. The number of halogens is 1. The molecule has 1 amide bonds. The summed E-state index contributed by atoms with van der Waals surface area (Å²) < 4.78 is 11.7. The first kappa shape index (κ1) is 22.8. The summed E-state index contributed by atoms with van der Waals surface area (Å²) in [5.41, 5.74) is 2.37. The molecule has 0 bridgehead atoms. The molecule has 0 radical (unpaired) electrons. The zero-order valence-corrected chi connectivity index (χ0v) is 19.0. The second kappa shape index (κ2) is 10.4. The number of esters is 1. The molecule has 3 rings (SSSR count). The quantitative estimate of drug-likeness (QED) is 0.212. The van der Waals surface area contributed by atoms with Crippen LogP contribution in [0.25, 0.3) is 6.08 Å². The van der Waals surface area contributed by atoms with Crippen molar-refractivity contribution in [3.8, 4) is 17.6 Å². The molecule has 0 aliphatic rings. The summed E-state index contributed by atoms with van der Waals surface area (Å²) in [4.78, 5) is 25.0. The maximum atomic E-state index is 12.5. The molecule has 3 aromatic rings. The Balaban J connectivity index is 1.83. The van der Waals surface area contributed by atoms with E-state index in [1.807, 2.05) is 25.1 Å².